The second kappa shape index (κ2) is 11.1. The van der Waals surface area contributed by atoms with Crippen molar-refractivity contribution in [2.45, 2.75) is 52.4 Å². The van der Waals surface area contributed by atoms with Gasteiger partial charge >= 0.3 is 0 Å². The van der Waals surface area contributed by atoms with Crippen LogP contribution in [0.4, 0.5) is 0 Å². The fourth-order valence-electron chi connectivity index (χ4n) is 9.45. The number of para-hydroxylation sites is 2. The summed E-state index contributed by atoms with van der Waals surface area (Å²) in [5, 5.41) is 5.15. The van der Waals surface area contributed by atoms with Gasteiger partial charge in [-0.15, -0.1) is 0 Å². The van der Waals surface area contributed by atoms with Crippen molar-refractivity contribution in [3.8, 4) is 33.6 Å². The first-order valence-electron chi connectivity index (χ1n) is 18.9. The minimum Gasteiger partial charge on any atom is -0.309 e. The van der Waals surface area contributed by atoms with Crippen LogP contribution in [0.15, 0.2) is 158 Å². The molecule has 258 valence electrons. The van der Waals surface area contributed by atoms with E-state index in [2.05, 4.69) is 208 Å². The predicted octanol–water partition coefficient (Wildman–Crippen LogP) is 13.8. The number of hydrogen-bond donors (Lipinski definition) is 0. The molecular formula is C51H44N2. The van der Waals surface area contributed by atoms with Crippen LogP contribution >= 0.6 is 0 Å². The number of benzene rings is 7. The summed E-state index contributed by atoms with van der Waals surface area (Å²) in [5.74, 6) is 0. The fourth-order valence-corrected chi connectivity index (χ4v) is 9.45. The zero-order chi connectivity index (χ0) is 36.3. The Labute approximate surface area is 312 Å². The predicted molar refractivity (Wildman–Crippen MR) is 226 cm³/mol. The Morgan fingerprint density at radius 3 is 1.40 bits per heavy atom. The fraction of sp³-hybridized carbons (Fsp3) is 0.176. The van der Waals surface area contributed by atoms with Gasteiger partial charge in [0.2, 0.25) is 0 Å². The highest BCUT2D eigenvalue weighted by Gasteiger charge is 2.57. The minimum absolute atomic E-state index is 0.0277. The summed E-state index contributed by atoms with van der Waals surface area (Å²) >= 11 is 0. The van der Waals surface area contributed by atoms with Crippen molar-refractivity contribution >= 4 is 43.6 Å². The molecule has 1 aliphatic rings. The molecule has 0 saturated heterocycles. The summed E-state index contributed by atoms with van der Waals surface area (Å²) in [7, 11) is 0. The van der Waals surface area contributed by atoms with E-state index in [1.807, 2.05) is 0 Å². The van der Waals surface area contributed by atoms with Gasteiger partial charge in [0.05, 0.1) is 22.1 Å². The summed E-state index contributed by atoms with van der Waals surface area (Å²) in [6.45, 7) is 14.7. The van der Waals surface area contributed by atoms with Gasteiger partial charge in [0.1, 0.15) is 0 Å². The van der Waals surface area contributed by atoms with E-state index in [9.17, 15) is 0 Å². The molecule has 1 aliphatic carbocycles. The molecule has 0 atom stereocenters. The lowest BCUT2D eigenvalue weighted by Gasteiger charge is -2.44. The van der Waals surface area contributed by atoms with Gasteiger partial charge in [-0.3, -0.25) is 0 Å². The molecule has 7 aromatic carbocycles. The molecule has 53 heavy (non-hydrogen) atoms. The van der Waals surface area contributed by atoms with Gasteiger partial charge in [-0.05, 0) is 116 Å². The van der Waals surface area contributed by atoms with Crippen molar-refractivity contribution in [3.63, 3.8) is 0 Å². The molecule has 0 saturated carbocycles. The van der Waals surface area contributed by atoms with E-state index in [0.29, 0.717) is 0 Å². The zero-order valence-corrected chi connectivity index (χ0v) is 31.4. The molecule has 0 N–H and O–H groups in total. The summed E-state index contributed by atoms with van der Waals surface area (Å²) in [5.41, 5.74) is 15.3. The summed E-state index contributed by atoms with van der Waals surface area (Å²) < 4.78 is 4.88. The van der Waals surface area contributed by atoms with Gasteiger partial charge in [0.15, 0.2) is 0 Å². The third kappa shape index (κ3) is 4.39. The number of fused-ring (bicyclic) bond motifs is 7. The van der Waals surface area contributed by atoms with Crippen molar-refractivity contribution in [1.82, 2.24) is 9.13 Å². The molecule has 10 rings (SSSR count). The molecule has 0 bridgehead atoms. The van der Waals surface area contributed by atoms with Crippen LogP contribution in [0.1, 0.15) is 52.7 Å². The van der Waals surface area contributed by atoms with E-state index in [4.69, 9.17) is 0 Å². The Hall–Kier alpha value is -5.86. The van der Waals surface area contributed by atoms with Crippen molar-refractivity contribution in [3.05, 3.63) is 169 Å². The average molecular weight is 685 g/mol. The molecule has 0 radical (unpaired) electrons. The smallest absolute Gasteiger partial charge is 0.0544 e. The highest BCUT2D eigenvalue weighted by molar-refractivity contribution is 6.13. The molecule has 2 heterocycles. The monoisotopic (exact) mass is 684 g/mol. The van der Waals surface area contributed by atoms with E-state index >= 15 is 0 Å². The van der Waals surface area contributed by atoms with E-state index < -0.39 is 0 Å². The lowest BCUT2D eigenvalue weighted by Crippen LogP contribution is -2.42. The molecule has 0 amide bonds. The molecule has 0 aliphatic heterocycles. The van der Waals surface area contributed by atoms with Crippen molar-refractivity contribution in [2.75, 3.05) is 0 Å². The number of aromatic nitrogens is 2. The Kier molecular flexibility index (Phi) is 6.65. The maximum Gasteiger partial charge on any atom is 0.0544 e. The first-order valence-corrected chi connectivity index (χ1v) is 18.9. The van der Waals surface area contributed by atoms with Gasteiger partial charge in [0.25, 0.3) is 0 Å². The van der Waals surface area contributed by atoms with E-state index in [1.165, 1.54) is 88.4 Å². The molecule has 0 spiro atoms. The largest absolute Gasteiger partial charge is 0.309 e. The standard InChI is InChI=1S/C51H44N2/c1-49(2)43-31-42-41-30-36(24-28-47(41)53(37-17-11-8-12-18-37)48(42)32-44(43)50(3,4)51(49,5)6)35-23-27-46-40(29-35)39-19-13-14-20-45(39)52(46)38-25-21-34(22-26-38)33-15-9-7-10-16-33/h7-32H,1-6H3. The number of rotatable bonds is 4. The Bertz CT molecular complexity index is 2880. The minimum atomic E-state index is 0.0277. The molecule has 9 aromatic rings. The lowest BCUT2D eigenvalue weighted by atomic mass is 9.59. The average Bonchev–Trinajstić information content (AvgIpc) is 3.72. The Morgan fingerprint density at radius 1 is 0.321 bits per heavy atom. The Balaban J connectivity index is 1.16. The van der Waals surface area contributed by atoms with Crippen LogP contribution in [-0.2, 0) is 10.8 Å². The van der Waals surface area contributed by atoms with Crippen LogP contribution in [0, 0.1) is 5.41 Å². The second-order valence-electron chi connectivity index (χ2n) is 16.7. The van der Waals surface area contributed by atoms with Crippen molar-refractivity contribution < 1.29 is 0 Å². The summed E-state index contributed by atoms with van der Waals surface area (Å²) in [4.78, 5) is 0. The normalized spacial score (nSPS) is 15.8. The van der Waals surface area contributed by atoms with Gasteiger partial charge < -0.3 is 9.13 Å². The van der Waals surface area contributed by atoms with Crippen LogP contribution in [-0.4, -0.2) is 9.13 Å². The SMILES string of the molecule is CC1(C)c2cc3c4cc(-c5ccc6c(c5)c5ccccc5n6-c5ccc(-c6ccccc6)cc5)ccc4n(-c4ccccc4)c3cc2C(C)(C)C1(C)C. The van der Waals surface area contributed by atoms with Crippen LogP contribution in [0.3, 0.4) is 0 Å². The first kappa shape index (κ1) is 31.8. The van der Waals surface area contributed by atoms with E-state index in [-0.39, 0.29) is 16.2 Å². The maximum absolute atomic E-state index is 2.53. The maximum atomic E-state index is 2.53. The van der Waals surface area contributed by atoms with Crippen LogP contribution in [0.5, 0.6) is 0 Å². The highest BCUT2D eigenvalue weighted by Crippen LogP contribution is 2.62. The molecule has 0 fully saturated rings. The third-order valence-corrected chi connectivity index (χ3v) is 13.6. The summed E-state index contributed by atoms with van der Waals surface area (Å²) in [6, 6.07) is 58.4. The highest BCUT2D eigenvalue weighted by atomic mass is 15.0. The van der Waals surface area contributed by atoms with Gasteiger partial charge in [-0.1, -0.05) is 133 Å². The van der Waals surface area contributed by atoms with Gasteiger partial charge in [-0.25, -0.2) is 0 Å². The van der Waals surface area contributed by atoms with Crippen LogP contribution in [0.25, 0.3) is 77.2 Å². The van der Waals surface area contributed by atoms with Crippen molar-refractivity contribution in [1.29, 1.82) is 0 Å². The van der Waals surface area contributed by atoms with E-state index in [0.717, 1.165) is 0 Å². The van der Waals surface area contributed by atoms with Crippen molar-refractivity contribution in [2.24, 2.45) is 5.41 Å². The molecule has 2 heteroatoms. The first-order chi connectivity index (χ1) is 25.6. The quantitative estimate of drug-likeness (QED) is 0.175. The zero-order valence-electron chi connectivity index (χ0n) is 31.4. The molecular weight excluding hydrogens is 641 g/mol. The van der Waals surface area contributed by atoms with Gasteiger partial charge in [0, 0.05) is 32.9 Å². The lowest BCUT2D eigenvalue weighted by molar-refractivity contribution is 0.125. The van der Waals surface area contributed by atoms with Crippen LogP contribution in [0.2, 0.25) is 0 Å². The third-order valence-electron chi connectivity index (χ3n) is 13.6. The molecule has 2 nitrogen and oxygen atoms in total. The second-order valence-corrected chi connectivity index (χ2v) is 16.7. The van der Waals surface area contributed by atoms with E-state index in [1.54, 1.807) is 0 Å². The Morgan fingerprint density at radius 2 is 0.755 bits per heavy atom. The van der Waals surface area contributed by atoms with Gasteiger partial charge in [-0.2, -0.15) is 0 Å². The topological polar surface area (TPSA) is 9.86 Å². The summed E-state index contributed by atoms with van der Waals surface area (Å²) in [6.07, 6.45) is 0. The number of nitrogens with zero attached hydrogens (tertiary/aromatic N) is 2. The van der Waals surface area contributed by atoms with Crippen LogP contribution < -0.4 is 0 Å². The molecule has 2 aromatic heterocycles. The molecule has 0 unspecified atom stereocenters. The number of hydrogen-bond acceptors (Lipinski definition) is 0.